The second kappa shape index (κ2) is 5.57. The Hall–Kier alpha value is -1.61. The molecule has 0 saturated carbocycles. The maximum atomic E-state index is 5.77. The molecule has 2 heterocycles. The van der Waals surface area contributed by atoms with E-state index in [1.165, 1.54) is 30.5 Å². The van der Waals surface area contributed by atoms with E-state index in [1.54, 1.807) is 6.07 Å². The van der Waals surface area contributed by atoms with Crippen molar-refractivity contribution >= 4 is 17.3 Å². The van der Waals surface area contributed by atoms with Crippen LogP contribution in [0, 0.1) is 0 Å². The van der Waals surface area contributed by atoms with Gasteiger partial charge in [0.15, 0.2) is 5.15 Å². The fraction of sp³-hybridized carbons (Fsp3) is 0.333. The maximum absolute atomic E-state index is 5.77. The summed E-state index contributed by atoms with van der Waals surface area (Å²) in [5.41, 5.74) is 3.72. The Labute approximate surface area is 118 Å². The molecule has 4 heteroatoms. The predicted molar refractivity (Wildman–Crippen MR) is 77.5 cm³/mol. The van der Waals surface area contributed by atoms with Gasteiger partial charge in [-0.05, 0) is 43.0 Å². The van der Waals surface area contributed by atoms with Crippen LogP contribution in [0.15, 0.2) is 36.4 Å². The molecule has 0 saturated heterocycles. The fourth-order valence-corrected chi connectivity index (χ4v) is 2.66. The largest absolute Gasteiger partial charge is 0.365 e. The van der Waals surface area contributed by atoms with Crippen molar-refractivity contribution in [1.29, 1.82) is 0 Å². The van der Waals surface area contributed by atoms with E-state index < -0.39 is 0 Å². The van der Waals surface area contributed by atoms with Gasteiger partial charge in [-0.1, -0.05) is 29.8 Å². The van der Waals surface area contributed by atoms with Crippen LogP contribution >= 0.6 is 11.6 Å². The van der Waals surface area contributed by atoms with Gasteiger partial charge >= 0.3 is 0 Å². The number of rotatable bonds is 2. The number of aryl methyl sites for hydroxylation is 1. The van der Waals surface area contributed by atoms with E-state index in [0.29, 0.717) is 5.15 Å². The molecule has 98 valence electrons. The van der Waals surface area contributed by atoms with Gasteiger partial charge in [-0.25, -0.2) is 0 Å². The van der Waals surface area contributed by atoms with Gasteiger partial charge in [0.2, 0.25) is 0 Å². The molecule has 2 aromatic rings. The summed E-state index contributed by atoms with van der Waals surface area (Å²) in [5.74, 6) is 0. The first-order chi connectivity index (χ1) is 9.33. The molecule has 3 rings (SSSR count). The van der Waals surface area contributed by atoms with Gasteiger partial charge in [0, 0.05) is 12.2 Å². The minimum atomic E-state index is 0.444. The SMILES string of the molecule is Clc1ccc(CN2CCCCc3ccccc32)nn1. The van der Waals surface area contributed by atoms with Gasteiger partial charge in [0.05, 0.1) is 12.2 Å². The van der Waals surface area contributed by atoms with Crippen molar-refractivity contribution in [2.24, 2.45) is 0 Å². The molecule has 0 atom stereocenters. The van der Waals surface area contributed by atoms with Gasteiger partial charge in [0.1, 0.15) is 0 Å². The smallest absolute Gasteiger partial charge is 0.151 e. The molecule has 0 radical (unpaired) electrons. The molecular weight excluding hydrogens is 258 g/mol. The van der Waals surface area contributed by atoms with Crippen LogP contribution in [0.3, 0.4) is 0 Å². The number of halogens is 1. The molecule has 0 fully saturated rings. The van der Waals surface area contributed by atoms with E-state index in [9.17, 15) is 0 Å². The first kappa shape index (κ1) is 12.4. The highest BCUT2D eigenvalue weighted by Gasteiger charge is 2.15. The third kappa shape index (κ3) is 2.87. The van der Waals surface area contributed by atoms with Crippen molar-refractivity contribution in [1.82, 2.24) is 10.2 Å². The molecule has 1 aliphatic heterocycles. The monoisotopic (exact) mass is 273 g/mol. The van der Waals surface area contributed by atoms with Crippen LogP contribution in [0.25, 0.3) is 0 Å². The lowest BCUT2D eigenvalue weighted by Gasteiger charge is -2.24. The lowest BCUT2D eigenvalue weighted by molar-refractivity contribution is 0.703. The number of fused-ring (bicyclic) bond motifs is 1. The number of anilines is 1. The molecular formula is C15H16ClN3. The highest BCUT2D eigenvalue weighted by Crippen LogP contribution is 2.27. The van der Waals surface area contributed by atoms with E-state index in [1.807, 2.05) is 6.07 Å². The van der Waals surface area contributed by atoms with Crippen molar-refractivity contribution < 1.29 is 0 Å². The number of benzene rings is 1. The number of nitrogens with zero attached hydrogens (tertiary/aromatic N) is 3. The molecule has 0 aliphatic carbocycles. The van der Waals surface area contributed by atoms with E-state index >= 15 is 0 Å². The van der Waals surface area contributed by atoms with Gasteiger partial charge in [-0.3, -0.25) is 0 Å². The van der Waals surface area contributed by atoms with Crippen molar-refractivity contribution in [3.63, 3.8) is 0 Å². The van der Waals surface area contributed by atoms with Crippen LogP contribution in [0.5, 0.6) is 0 Å². The minimum Gasteiger partial charge on any atom is -0.365 e. The fourth-order valence-electron chi connectivity index (χ4n) is 2.56. The van der Waals surface area contributed by atoms with Crippen LogP contribution in [-0.4, -0.2) is 16.7 Å². The summed E-state index contributed by atoms with van der Waals surface area (Å²) >= 11 is 5.77. The third-order valence-corrected chi connectivity index (χ3v) is 3.70. The average Bonchev–Trinajstić information content (AvgIpc) is 2.64. The minimum absolute atomic E-state index is 0.444. The van der Waals surface area contributed by atoms with Gasteiger partial charge in [0.25, 0.3) is 0 Å². The van der Waals surface area contributed by atoms with E-state index in [-0.39, 0.29) is 0 Å². The summed E-state index contributed by atoms with van der Waals surface area (Å²) in [6.07, 6.45) is 3.63. The quantitative estimate of drug-likeness (QED) is 0.839. The molecule has 3 nitrogen and oxygen atoms in total. The molecule has 0 N–H and O–H groups in total. The molecule has 0 amide bonds. The zero-order chi connectivity index (χ0) is 13.1. The molecule has 1 aromatic carbocycles. The molecule has 1 aromatic heterocycles. The standard InChI is InChI=1S/C15H16ClN3/c16-15-9-8-13(17-18-15)11-19-10-4-3-6-12-5-1-2-7-14(12)19/h1-2,5,7-9H,3-4,6,10-11H2. The summed E-state index contributed by atoms with van der Waals surface area (Å²) in [6, 6.07) is 12.4. The average molecular weight is 274 g/mol. The number of para-hydroxylation sites is 1. The number of aromatic nitrogens is 2. The summed E-state index contributed by atoms with van der Waals surface area (Å²) in [5, 5.41) is 8.51. The van der Waals surface area contributed by atoms with Gasteiger partial charge in [-0.15, -0.1) is 5.10 Å². The molecule has 0 bridgehead atoms. The van der Waals surface area contributed by atoms with Crippen molar-refractivity contribution in [2.75, 3.05) is 11.4 Å². The van der Waals surface area contributed by atoms with Crippen LogP contribution < -0.4 is 4.90 Å². The second-order valence-electron chi connectivity index (χ2n) is 4.85. The lowest BCUT2D eigenvalue weighted by atomic mass is 10.1. The molecule has 1 aliphatic rings. The highest BCUT2D eigenvalue weighted by atomic mass is 35.5. The van der Waals surface area contributed by atoms with E-state index in [4.69, 9.17) is 11.6 Å². The van der Waals surface area contributed by atoms with Crippen molar-refractivity contribution in [3.8, 4) is 0 Å². The zero-order valence-corrected chi connectivity index (χ0v) is 11.5. The first-order valence-electron chi connectivity index (χ1n) is 6.64. The Morgan fingerprint density at radius 3 is 2.79 bits per heavy atom. The number of hydrogen-bond acceptors (Lipinski definition) is 3. The van der Waals surface area contributed by atoms with Crippen LogP contribution in [0.1, 0.15) is 24.1 Å². The third-order valence-electron chi connectivity index (χ3n) is 3.50. The Morgan fingerprint density at radius 2 is 1.95 bits per heavy atom. The Morgan fingerprint density at radius 1 is 1.05 bits per heavy atom. The zero-order valence-electron chi connectivity index (χ0n) is 10.7. The predicted octanol–water partition coefficient (Wildman–Crippen LogP) is 3.47. The Balaban J connectivity index is 1.86. The summed E-state index contributed by atoms with van der Waals surface area (Å²) in [6.45, 7) is 1.86. The van der Waals surface area contributed by atoms with E-state index in [0.717, 1.165) is 18.8 Å². The summed E-state index contributed by atoms with van der Waals surface area (Å²) in [7, 11) is 0. The lowest BCUT2D eigenvalue weighted by Crippen LogP contribution is -2.24. The van der Waals surface area contributed by atoms with Gasteiger partial charge in [-0.2, -0.15) is 5.10 Å². The normalized spacial score (nSPS) is 14.9. The molecule has 0 spiro atoms. The molecule has 0 unspecified atom stereocenters. The van der Waals surface area contributed by atoms with Crippen molar-refractivity contribution in [2.45, 2.75) is 25.8 Å². The first-order valence-corrected chi connectivity index (χ1v) is 7.02. The topological polar surface area (TPSA) is 29.0 Å². The van der Waals surface area contributed by atoms with E-state index in [2.05, 4.69) is 39.4 Å². The highest BCUT2D eigenvalue weighted by molar-refractivity contribution is 6.29. The van der Waals surface area contributed by atoms with Crippen LogP contribution in [0.4, 0.5) is 5.69 Å². The van der Waals surface area contributed by atoms with Crippen LogP contribution in [0.2, 0.25) is 5.15 Å². The summed E-state index contributed by atoms with van der Waals surface area (Å²) in [4.78, 5) is 2.39. The Bertz CT molecular complexity index is 554. The second-order valence-corrected chi connectivity index (χ2v) is 5.24. The molecule has 19 heavy (non-hydrogen) atoms. The summed E-state index contributed by atoms with van der Waals surface area (Å²) < 4.78 is 0. The number of hydrogen-bond donors (Lipinski definition) is 0. The van der Waals surface area contributed by atoms with Crippen LogP contribution in [-0.2, 0) is 13.0 Å². The van der Waals surface area contributed by atoms with Gasteiger partial charge < -0.3 is 4.90 Å². The Kier molecular flexibility index (Phi) is 3.65. The van der Waals surface area contributed by atoms with Crippen molar-refractivity contribution in [3.05, 3.63) is 52.8 Å². The maximum Gasteiger partial charge on any atom is 0.151 e.